The van der Waals surface area contributed by atoms with Gasteiger partial charge in [-0.3, -0.25) is 18.5 Å². The zero-order chi connectivity index (χ0) is 12.9. The lowest BCUT2D eigenvalue weighted by molar-refractivity contribution is 0.696. The number of terminal acetylenes is 1. The van der Waals surface area contributed by atoms with Gasteiger partial charge in [0.25, 0.3) is 5.56 Å². The Hall–Kier alpha value is -2.49. The Morgan fingerprint density at radius 3 is 2.00 bits per heavy atom. The van der Waals surface area contributed by atoms with Crippen molar-refractivity contribution in [3.8, 4) is 12.5 Å². The second kappa shape index (κ2) is 3.25. The van der Waals surface area contributed by atoms with Crippen LogP contribution in [0.3, 0.4) is 0 Å². The maximum atomic E-state index is 11.9. The molecule has 0 radical (unpaired) electrons. The van der Waals surface area contributed by atoms with Crippen LogP contribution in [0.5, 0.6) is 0 Å². The third-order valence-electron chi connectivity index (χ3n) is 2.76. The second-order valence-electron chi connectivity index (χ2n) is 3.68. The lowest BCUT2D eigenvalue weighted by Gasteiger charge is -2.04. The van der Waals surface area contributed by atoms with Crippen LogP contribution in [0.25, 0.3) is 11.2 Å². The first kappa shape index (κ1) is 11.0. The Labute approximate surface area is 95.1 Å². The predicted molar refractivity (Wildman–Crippen MR) is 61.9 cm³/mol. The Kier molecular flexibility index (Phi) is 2.10. The van der Waals surface area contributed by atoms with Crippen LogP contribution in [0.15, 0.2) is 14.4 Å². The van der Waals surface area contributed by atoms with Gasteiger partial charge in [-0.15, -0.1) is 0 Å². The van der Waals surface area contributed by atoms with E-state index >= 15 is 0 Å². The van der Waals surface area contributed by atoms with Crippen molar-refractivity contribution in [2.45, 2.75) is 0 Å². The van der Waals surface area contributed by atoms with Gasteiger partial charge in [0.15, 0.2) is 11.2 Å². The first-order valence-corrected chi connectivity index (χ1v) is 4.76. The molecule has 0 amide bonds. The van der Waals surface area contributed by atoms with Crippen LogP contribution >= 0.6 is 0 Å². The largest absolute Gasteiger partial charge is 0.342 e. The Bertz CT molecular complexity index is 838. The lowest BCUT2D eigenvalue weighted by Crippen LogP contribution is -2.37. The molecular formula is C10H10N4O3. The highest BCUT2D eigenvalue weighted by Crippen LogP contribution is 2.02. The highest BCUT2D eigenvalue weighted by atomic mass is 16.2. The minimum absolute atomic E-state index is 0.0320. The average Bonchev–Trinajstić information content (AvgIpc) is 2.57. The summed E-state index contributed by atoms with van der Waals surface area (Å²) in [6, 6.07) is 2.13. The predicted octanol–water partition coefficient (Wildman–Crippen LogP) is -1.82. The van der Waals surface area contributed by atoms with Gasteiger partial charge in [-0.2, -0.15) is 0 Å². The van der Waals surface area contributed by atoms with E-state index in [1.807, 2.05) is 0 Å². The van der Waals surface area contributed by atoms with Gasteiger partial charge in [0.05, 0.1) is 0 Å². The molecule has 2 aromatic rings. The number of rotatable bonds is 0. The number of hydrogen-bond donors (Lipinski definition) is 0. The number of fused-ring (bicyclic) bond motifs is 1. The van der Waals surface area contributed by atoms with E-state index in [0.717, 1.165) is 9.13 Å². The summed E-state index contributed by atoms with van der Waals surface area (Å²) in [4.78, 5) is 35.4. The van der Waals surface area contributed by atoms with Crippen LogP contribution in [0.4, 0.5) is 0 Å². The van der Waals surface area contributed by atoms with Crippen molar-refractivity contribution in [1.82, 2.24) is 18.3 Å². The van der Waals surface area contributed by atoms with E-state index in [4.69, 9.17) is 6.42 Å². The molecule has 2 heterocycles. The minimum Gasteiger partial charge on any atom is -0.280 e. The Balaban J connectivity index is 3.38. The summed E-state index contributed by atoms with van der Waals surface area (Å²) >= 11 is 0. The zero-order valence-corrected chi connectivity index (χ0v) is 9.59. The normalized spacial score (nSPS) is 10.7. The summed E-state index contributed by atoms with van der Waals surface area (Å²) in [7, 11) is 4.27. The summed E-state index contributed by atoms with van der Waals surface area (Å²) in [6.07, 6.45) is 5.20. The summed E-state index contributed by atoms with van der Waals surface area (Å²) in [5, 5.41) is 0. The zero-order valence-electron chi connectivity index (χ0n) is 9.59. The van der Waals surface area contributed by atoms with Crippen molar-refractivity contribution < 1.29 is 0 Å². The molecule has 0 spiro atoms. The summed E-state index contributed by atoms with van der Waals surface area (Å²) in [6.45, 7) is 0. The van der Waals surface area contributed by atoms with Crippen molar-refractivity contribution in [2.24, 2.45) is 21.1 Å². The maximum Gasteiger partial charge on any atom is 0.342 e. The van der Waals surface area contributed by atoms with Crippen LogP contribution in [0.2, 0.25) is 0 Å². The third-order valence-corrected chi connectivity index (χ3v) is 2.76. The van der Waals surface area contributed by atoms with Crippen LogP contribution in [-0.4, -0.2) is 18.3 Å². The van der Waals surface area contributed by atoms with Gasteiger partial charge in [0.1, 0.15) is 0 Å². The summed E-state index contributed by atoms with van der Waals surface area (Å²) < 4.78 is 4.21. The van der Waals surface area contributed by atoms with Gasteiger partial charge in [-0.25, -0.2) is 14.2 Å². The van der Waals surface area contributed by atoms with Gasteiger partial charge in [-0.05, 0) is 0 Å². The molecule has 7 nitrogen and oxygen atoms in total. The molecule has 0 aliphatic carbocycles. The highest BCUT2D eigenvalue weighted by molar-refractivity contribution is 5.72. The fourth-order valence-electron chi connectivity index (χ4n) is 1.85. The fourth-order valence-corrected chi connectivity index (χ4v) is 1.85. The van der Waals surface area contributed by atoms with Gasteiger partial charge < -0.3 is 0 Å². The molecule has 0 atom stereocenters. The van der Waals surface area contributed by atoms with Crippen LogP contribution in [0, 0.1) is 12.5 Å². The molecule has 0 saturated carbocycles. The van der Waals surface area contributed by atoms with Crippen molar-refractivity contribution in [3.05, 3.63) is 31.3 Å². The molecule has 0 saturated heterocycles. The molecule has 0 bridgehead atoms. The maximum absolute atomic E-state index is 11.9. The van der Waals surface area contributed by atoms with E-state index in [9.17, 15) is 14.4 Å². The van der Waals surface area contributed by atoms with E-state index in [1.165, 1.54) is 30.3 Å². The van der Waals surface area contributed by atoms with Crippen molar-refractivity contribution >= 4 is 11.2 Å². The van der Waals surface area contributed by atoms with Crippen LogP contribution < -0.4 is 16.9 Å². The topological polar surface area (TPSA) is 70.9 Å². The van der Waals surface area contributed by atoms with Crippen LogP contribution in [0.1, 0.15) is 0 Å². The van der Waals surface area contributed by atoms with E-state index in [0.29, 0.717) is 0 Å². The highest BCUT2D eigenvalue weighted by Gasteiger charge is 2.18. The second-order valence-corrected chi connectivity index (χ2v) is 3.68. The number of imidazole rings is 1. The monoisotopic (exact) mass is 234 g/mol. The summed E-state index contributed by atoms with van der Waals surface area (Å²) in [5.41, 5.74) is -1.38. The van der Waals surface area contributed by atoms with Crippen molar-refractivity contribution in [3.63, 3.8) is 0 Å². The molecule has 7 heteroatoms. The first-order chi connectivity index (χ1) is 7.91. The van der Waals surface area contributed by atoms with Gasteiger partial charge in [0, 0.05) is 27.2 Å². The molecule has 2 aromatic heterocycles. The molecule has 2 rings (SSSR count). The fraction of sp³-hybridized carbons (Fsp3) is 0.300. The summed E-state index contributed by atoms with van der Waals surface area (Å²) in [5.74, 6) is 0. The lowest BCUT2D eigenvalue weighted by atomic mass is 10.5. The van der Waals surface area contributed by atoms with E-state index in [1.54, 1.807) is 0 Å². The van der Waals surface area contributed by atoms with Crippen molar-refractivity contribution in [2.75, 3.05) is 0 Å². The number of aromatic nitrogens is 4. The molecule has 17 heavy (non-hydrogen) atoms. The smallest absolute Gasteiger partial charge is 0.280 e. The minimum atomic E-state index is -0.584. The molecular weight excluding hydrogens is 224 g/mol. The van der Waals surface area contributed by atoms with E-state index in [2.05, 4.69) is 6.04 Å². The number of aryl methyl sites for hydroxylation is 2. The Morgan fingerprint density at radius 2 is 1.47 bits per heavy atom. The molecule has 0 unspecified atom stereocenters. The van der Waals surface area contributed by atoms with Crippen LogP contribution in [-0.2, 0) is 21.1 Å². The molecule has 0 aliphatic rings. The Morgan fingerprint density at radius 1 is 0.941 bits per heavy atom. The molecule has 88 valence electrons. The standard InChI is InChI=1S/C10H10N4O3/c1-5-14-6-7(12(3)10(14)17)11(2)9(16)13(4)8(6)15/h1H,2-4H3. The van der Waals surface area contributed by atoms with Crippen molar-refractivity contribution in [1.29, 1.82) is 0 Å². The quantitative estimate of drug-likeness (QED) is 0.504. The van der Waals surface area contributed by atoms with Gasteiger partial charge >= 0.3 is 11.4 Å². The molecule has 0 aliphatic heterocycles. The van der Waals surface area contributed by atoms with E-state index in [-0.39, 0.29) is 11.2 Å². The van der Waals surface area contributed by atoms with E-state index < -0.39 is 16.9 Å². The molecule has 0 N–H and O–H groups in total. The third kappa shape index (κ3) is 1.15. The SMILES string of the molecule is C#Cn1c(=O)n(C)c2c1c(=O)n(C)c(=O)n2C. The van der Waals surface area contributed by atoms with Gasteiger partial charge in [-0.1, -0.05) is 6.42 Å². The molecule has 0 aromatic carbocycles. The first-order valence-electron chi connectivity index (χ1n) is 4.76. The van der Waals surface area contributed by atoms with Gasteiger partial charge in [0.2, 0.25) is 0 Å². The number of hydrogen-bond acceptors (Lipinski definition) is 3. The number of nitrogens with zero attached hydrogens (tertiary/aromatic N) is 4. The average molecular weight is 234 g/mol. The molecule has 0 fully saturated rings.